The number of carbonyl (C=O) groups is 1. The summed E-state index contributed by atoms with van der Waals surface area (Å²) in [7, 11) is 5.79. The standard InChI is InChI=1S/C22H22ClN7O2/c1-29(2)12-14-5-4-6-16(9-14)26-21(31)18-10-15(13-32-18)20-17(23)11-24-22(28-20)27-19-7-8-25-30(19)3/h4-11,13H,12H2,1-3H3,(H,26,31)(H,24,27,28). The number of rotatable bonds is 7. The van der Waals surface area contributed by atoms with E-state index >= 15 is 0 Å². The summed E-state index contributed by atoms with van der Waals surface area (Å²) in [6.45, 7) is 0.774. The fourth-order valence-corrected chi connectivity index (χ4v) is 3.33. The van der Waals surface area contributed by atoms with Gasteiger partial charge in [0.15, 0.2) is 5.76 Å². The maximum atomic E-state index is 12.7. The van der Waals surface area contributed by atoms with Crippen molar-refractivity contribution in [2.45, 2.75) is 6.54 Å². The number of benzene rings is 1. The first-order chi connectivity index (χ1) is 15.4. The number of nitrogens with zero attached hydrogens (tertiary/aromatic N) is 5. The first kappa shape index (κ1) is 21.5. The van der Waals surface area contributed by atoms with Gasteiger partial charge in [0.25, 0.3) is 5.91 Å². The van der Waals surface area contributed by atoms with Gasteiger partial charge in [-0.15, -0.1) is 0 Å². The summed E-state index contributed by atoms with van der Waals surface area (Å²) in [5, 5.41) is 10.4. The van der Waals surface area contributed by atoms with Gasteiger partial charge in [0.05, 0.1) is 23.1 Å². The molecule has 9 nitrogen and oxygen atoms in total. The van der Waals surface area contributed by atoms with Crippen LogP contribution in [0.2, 0.25) is 5.02 Å². The summed E-state index contributed by atoms with van der Waals surface area (Å²) in [6, 6.07) is 11.1. The predicted octanol–water partition coefficient (Wildman–Crippen LogP) is 4.18. The molecule has 1 aromatic carbocycles. The minimum atomic E-state index is -0.364. The molecule has 0 saturated carbocycles. The van der Waals surface area contributed by atoms with Gasteiger partial charge in [-0.05, 0) is 37.9 Å². The lowest BCUT2D eigenvalue weighted by Crippen LogP contribution is -2.13. The second-order valence-electron chi connectivity index (χ2n) is 7.45. The van der Waals surface area contributed by atoms with E-state index in [1.807, 2.05) is 38.4 Å². The van der Waals surface area contributed by atoms with E-state index < -0.39 is 0 Å². The lowest BCUT2D eigenvalue weighted by atomic mass is 10.2. The molecule has 0 spiro atoms. The maximum absolute atomic E-state index is 12.7. The first-order valence-corrected chi connectivity index (χ1v) is 10.2. The second kappa shape index (κ2) is 9.21. The van der Waals surface area contributed by atoms with E-state index in [2.05, 4.69) is 30.6 Å². The zero-order chi connectivity index (χ0) is 22.7. The number of nitrogens with one attached hydrogen (secondary N) is 2. The number of aryl methyl sites for hydroxylation is 1. The maximum Gasteiger partial charge on any atom is 0.291 e. The van der Waals surface area contributed by atoms with E-state index in [1.54, 1.807) is 30.1 Å². The minimum Gasteiger partial charge on any atom is -0.458 e. The van der Waals surface area contributed by atoms with Crippen LogP contribution in [0.15, 0.2) is 59.5 Å². The Morgan fingerprint density at radius 3 is 2.84 bits per heavy atom. The molecule has 0 aliphatic carbocycles. The molecule has 0 bridgehead atoms. The molecule has 0 aliphatic heterocycles. The highest BCUT2D eigenvalue weighted by Crippen LogP contribution is 2.29. The van der Waals surface area contributed by atoms with E-state index in [0.29, 0.717) is 27.9 Å². The molecule has 0 radical (unpaired) electrons. The molecule has 0 atom stereocenters. The Kier molecular flexibility index (Phi) is 6.20. The molecule has 0 unspecified atom stereocenters. The van der Waals surface area contributed by atoms with Crippen LogP contribution in [0.25, 0.3) is 11.3 Å². The van der Waals surface area contributed by atoms with E-state index in [0.717, 1.165) is 17.9 Å². The summed E-state index contributed by atoms with van der Waals surface area (Å²) in [4.78, 5) is 23.4. The lowest BCUT2D eigenvalue weighted by molar-refractivity contribution is 0.0996. The van der Waals surface area contributed by atoms with Crippen LogP contribution in [0.3, 0.4) is 0 Å². The number of hydrogen-bond donors (Lipinski definition) is 2. The van der Waals surface area contributed by atoms with Crippen LogP contribution in [0.1, 0.15) is 16.1 Å². The van der Waals surface area contributed by atoms with E-state index in [-0.39, 0.29) is 11.7 Å². The van der Waals surface area contributed by atoms with Crippen LogP contribution in [-0.4, -0.2) is 44.7 Å². The average molecular weight is 452 g/mol. The normalized spacial score (nSPS) is 11.0. The molecule has 2 N–H and O–H groups in total. The van der Waals surface area contributed by atoms with Crippen LogP contribution in [0, 0.1) is 0 Å². The molecule has 1 amide bonds. The zero-order valence-corrected chi connectivity index (χ0v) is 18.6. The third-order valence-electron chi connectivity index (χ3n) is 4.59. The van der Waals surface area contributed by atoms with Crippen LogP contribution in [0.4, 0.5) is 17.5 Å². The average Bonchev–Trinajstić information content (AvgIpc) is 3.39. The van der Waals surface area contributed by atoms with Crippen molar-refractivity contribution in [1.82, 2.24) is 24.6 Å². The Balaban J connectivity index is 1.51. The van der Waals surface area contributed by atoms with Gasteiger partial charge in [-0.3, -0.25) is 9.48 Å². The molecule has 4 aromatic rings. The van der Waals surface area contributed by atoms with Crippen molar-refractivity contribution in [3.8, 4) is 11.3 Å². The summed E-state index contributed by atoms with van der Waals surface area (Å²) < 4.78 is 7.15. The number of furan rings is 1. The van der Waals surface area contributed by atoms with Crippen molar-refractivity contribution in [3.63, 3.8) is 0 Å². The predicted molar refractivity (Wildman–Crippen MR) is 123 cm³/mol. The molecule has 10 heteroatoms. The van der Waals surface area contributed by atoms with Gasteiger partial charge in [0, 0.05) is 30.9 Å². The quantitative estimate of drug-likeness (QED) is 0.434. The third-order valence-corrected chi connectivity index (χ3v) is 4.86. The number of amides is 1. The smallest absolute Gasteiger partial charge is 0.291 e. The largest absolute Gasteiger partial charge is 0.458 e. The molecular weight excluding hydrogens is 430 g/mol. The van der Waals surface area contributed by atoms with Gasteiger partial charge in [0.1, 0.15) is 12.1 Å². The van der Waals surface area contributed by atoms with Crippen molar-refractivity contribution < 1.29 is 9.21 Å². The van der Waals surface area contributed by atoms with Gasteiger partial charge in [-0.25, -0.2) is 9.97 Å². The van der Waals surface area contributed by atoms with Gasteiger partial charge < -0.3 is 20.0 Å². The number of aromatic nitrogens is 4. The summed E-state index contributed by atoms with van der Waals surface area (Å²) in [5.41, 5.74) is 2.79. The Labute approximate surface area is 190 Å². The fraction of sp³-hybridized carbons (Fsp3) is 0.182. The van der Waals surface area contributed by atoms with Crippen LogP contribution in [-0.2, 0) is 13.6 Å². The number of anilines is 3. The highest BCUT2D eigenvalue weighted by molar-refractivity contribution is 6.33. The van der Waals surface area contributed by atoms with Crippen molar-refractivity contribution in [2.24, 2.45) is 7.05 Å². The van der Waals surface area contributed by atoms with E-state index in [4.69, 9.17) is 16.0 Å². The number of hydrogen-bond acceptors (Lipinski definition) is 7. The summed E-state index contributed by atoms with van der Waals surface area (Å²) in [6.07, 6.45) is 4.60. The minimum absolute atomic E-state index is 0.147. The molecule has 3 aromatic heterocycles. The Morgan fingerprint density at radius 1 is 1.25 bits per heavy atom. The fourth-order valence-electron chi connectivity index (χ4n) is 3.13. The number of halogens is 1. The third kappa shape index (κ3) is 4.96. The molecule has 4 rings (SSSR count). The monoisotopic (exact) mass is 451 g/mol. The van der Waals surface area contributed by atoms with E-state index in [1.165, 1.54) is 12.5 Å². The highest BCUT2D eigenvalue weighted by atomic mass is 35.5. The van der Waals surface area contributed by atoms with Crippen molar-refractivity contribution in [3.05, 3.63) is 71.4 Å². The Bertz CT molecular complexity index is 1250. The molecule has 3 heterocycles. The molecule has 32 heavy (non-hydrogen) atoms. The van der Waals surface area contributed by atoms with Crippen LogP contribution < -0.4 is 10.6 Å². The van der Waals surface area contributed by atoms with Gasteiger partial charge in [-0.2, -0.15) is 5.10 Å². The van der Waals surface area contributed by atoms with Crippen molar-refractivity contribution in [2.75, 3.05) is 24.7 Å². The zero-order valence-electron chi connectivity index (χ0n) is 17.8. The SMILES string of the molecule is CN(C)Cc1cccc(NC(=O)c2cc(-c3nc(Nc4ccnn4C)ncc3Cl)co2)c1. The summed E-state index contributed by atoms with van der Waals surface area (Å²) >= 11 is 6.30. The van der Waals surface area contributed by atoms with Crippen LogP contribution in [0.5, 0.6) is 0 Å². The molecule has 0 aliphatic rings. The summed E-state index contributed by atoms with van der Waals surface area (Å²) in [5.74, 6) is 0.852. The molecule has 164 valence electrons. The van der Waals surface area contributed by atoms with Gasteiger partial charge in [-0.1, -0.05) is 23.7 Å². The molecule has 0 saturated heterocycles. The first-order valence-electron chi connectivity index (χ1n) is 9.80. The Hall–Kier alpha value is -3.69. The second-order valence-corrected chi connectivity index (χ2v) is 7.85. The van der Waals surface area contributed by atoms with Crippen molar-refractivity contribution >= 4 is 35.0 Å². The molecule has 0 fully saturated rings. The van der Waals surface area contributed by atoms with E-state index in [9.17, 15) is 4.79 Å². The topological polar surface area (TPSA) is 101 Å². The number of carbonyl (C=O) groups excluding carboxylic acids is 1. The lowest BCUT2D eigenvalue weighted by Gasteiger charge is -2.11. The highest BCUT2D eigenvalue weighted by Gasteiger charge is 2.16. The Morgan fingerprint density at radius 2 is 2.09 bits per heavy atom. The van der Waals surface area contributed by atoms with Crippen molar-refractivity contribution in [1.29, 1.82) is 0 Å². The van der Waals surface area contributed by atoms with Gasteiger partial charge >= 0.3 is 0 Å². The van der Waals surface area contributed by atoms with Crippen LogP contribution >= 0.6 is 11.6 Å². The van der Waals surface area contributed by atoms with Gasteiger partial charge in [0.2, 0.25) is 5.95 Å². The molecular formula is C22H22ClN7O2.